The molecule has 0 bridgehead atoms. The molecule has 0 fully saturated rings. The molecule has 5 nitrogen and oxygen atoms in total. The summed E-state index contributed by atoms with van der Waals surface area (Å²) >= 11 is 0. The van der Waals surface area contributed by atoms with E-state index in [-0.39, 0.29) is 5.91 Å². The highest BCUT2D eigenvalue weighted by molar-refractivity contribution is 6.08. The van der Waals surface area contributed by atoms with E-state index in [4.69, 9.17) is 9.15 Å². The van der Waals surface area contributed by atoms with Crippen LogP contribution >= 0.6 is 0 Å². The third-order valence-corrected chi connectivity index (χ3v) is 4.78. The molecule has 3 aromatic carbocycles. The van der Waals surface area contributed by atoms with Crippen molar-refractivity contribution in [3.05, 3.63) is 66.2 Å². The van der Waals surface area contributed by atoms with E-state index < -0.39 is 6.04 Å². The number of hydrogen-bond acceptors (Lipinski definition) is 4. The van der Waals surface area contributed by atoms with Crippen LogP contribution < -0.4 is 15.4 Å². The summed E-state index contributed by atoms with van der Waals surface area (Å²) in [7, 11) is 1.59. The van der Waals surface area contributed by atoms with Gasteiger partial charge in [-0.1, -0.05) is 35.9 Å². The predicted octanol–water partition coefficient (Wildman–Crippen LogP) is 5.34. The molecule has 0 aliphatic carbocycles. The fourth-order valence-electron chi connectivity index (χ4n) is 3.22. The predicted molar refractivity (Wildman–Crippen MR) is 113 cm³/mol. The highest BCUT2D eigenvalue weighted by Crippen LogP contribution is 2.36. The Bertz CT molecular complexity index is 1150. The van der Waals surface area contributed by atoms with Crippen LogP contribution in [-0.4, -0.2) is 19.1 Å². The van der Waals surface area contributed by atoms with Gasteiger partial charge in [0.05, 0.1) is 12.8 Å². The number of amides is 1. The maximum atomic E-state index is 12.7. The molecule has 0 saturated heterocycles. The first-order chi connectivity index (χ1) is 13.5. The molecule has 1 atom stereocenters. The third-order valence-electron chi connectivity index (χ3n) is 4.78. The standard InChI is InChI=1S/C23H22N2O3/c1-14-8-10-16(11-9-14)24-15(2)23(26)25-19-13-21-18(12-22(19)27-3)17-6-4-5-7-20(17)28-21/h4-13,15,24H,1-3H3,(H,25,26)/t15-/m1/s1. The number of furan rings is 1. The average Bonchev–Trinajstić information content (AvgIpc) is 3.06. The number of benzene rings is 3. The Morgan fingerprint density at radius 1 is 1.00 bits per heavy atom. The Morgan fingerprint density at radius 2 is 1.75 bits per heavy atom. The van der Waals surface area contributed by atoms with Crippen LogP contribution in [0.3, 0.4) is 0 Å². The Morgan fingerprint density at radius 3 is 2.50 bits per heavy atom. The smallest absolute Gasteiger partial charge is 0.246 e. The van der Waals surface area contributed by atoms with Crippen LogP contribution in [0.5, 0.6) is 5.75 Å². The van der Waals surface area contributed by atoms with Crippen molar-refractivity contribution in [2.45, 2.75) is 19.9 Å². The maximum absolute atomic E-state index is 12.7. The van der Waals surface area contributed by atoms with E-state index in [9.17, 15) is 4.79 Å². The summed E-state index contributed by atoms with van der Waals surface area (Å²) in [6, 6.07) is 19.1. The summed E-state index contributed by atoms with van der Waals surface area (Å²) in [5.74, 6) is 0.435. The first-order valence-corrected chi connectivity index (χ1v) is 9.18. The number of nitrogens with one attached hydrogen (secondary N) is 2. The number of anilines is 2. The molecule has 1 aromatic heterocycles. The molecular formula is C23H22N2O3. The molecule has 1 amide bonds. The van der Waals surface area contributed by atoms with Crippen molar-refractivity contribution in [2.24, 2.45) is 0 Å². The van der Waals surface area contributed by atoms with Crippen molar-refractivity contribution < 1.29 is 13.9 Å². The molecule has 0 saturated carbocycles. The van der Waals surface area contributed by atoms with Crippen molar-refractivity contribution in [1.29, 1.82) is 0 Å². The summed E-state index contributed by atoms with van der Waals surface area (Å²) in [6.45, 7) is 3.85. The number of aryl methyl sites for hydroxylation is 1. The summed E-state index contributed by atoms with van der Waals surface area (Å²) in [5.41, 5.74) is 4.16. The Labute approximate surface area is 163 Å². The molecule has 0 aliphatic rings. The molecule has 5 heteroatoms. The van der Waals surface area contributed by atoms with Crippen LogP contribution in [0.1, 0.15) is 12.5 Å². The molecule has 4 aromatic rings. The molecule has 28 heavy (non-hydrogen) atoms. The number of fused-ring (bicyclic) bond motifs is 3. The van der Waals surface area contributed by atoms with Crippen LogP contribution in [0.2, 0.25) is 0 Å². The molecule has 1 heterocycles. The van der Waals surface area contributed by atoms with Gasteiger partial charge in [0.15, 0.2) is 0 Å². The Kier molecular flexibility index (Phi) is 4.65. The second kappa shape index (κ2) is 7.27. The second-order valence-corrected chi connectivity index (χ2v) is 6.87. The lowest BCUT2D eigenvalue weighted by molar-refractivity contribution is -0.116. The third kappa shape index (κ3) is 3.39. The van der Waals surface area contributed by atoms with Gasteiger partial charge >= 0.3 is 0 Å². The zero-order chi connectivity index (χ0) is 19.7. The summed E-state index contributed by atoms with van der Waals surface area (Å²) in [5, 5.41) is 8.12. The lowest BCUT2D eigenvalue weighted by atomic mass is 10.1. The normalized spacial score (nSPS) is 12.1. The van der Waals surface area contributed by atoms with Gasteiger partial charge in [0.25, 0.3) is 0 Å². The zero-order valence-corrected chi connectivity index (χ0v) is 16.1. The quantitative estimate of drug-likeness (QED) is 0.495. The van der Waals surface area contributed by atoms with E-state index in [0.717, 1.165) is 22.0 Å². The van der Waals surface area contributed by atoms with Gasteiger partial charge < -0.3 is 19.8 Å². The van der Waals surface area contributed by atoms with Gasteiger partial charge in [-0.2, -0.15) is 0 Å². The SMILES string of the molecule is COc1cc2c(cc1NC(=O)[C@@H](C)Nc1ccc(C)cc1)oc1ccccc12. The van der Waals surface area contributed by atoms with Gasteiger partial charge in [-0.3, -0.25) is 4.79 Å². The number of rotatable bonds is 5. The van der Waals surface area contributed by atoms with Crippen LogP contribution in [0.25, 0.3) is 21.9 Å². The molecule has 4 rings (SSSR count). The fraction of sp³-hybridized carbons (Fsp3) is 0.174. The van der Waals surface area contributed by atoms with E-state index in [1.807, 2.05) is 74.5 Å². The van der Waals surface area contributed by atoms with Gasteiger partial charge in [-0.15, -0.1) is 0 Å². The van der Waals surface area contributed by atoms with Crippen LogP contribution in [0.4, 0.5) is 11.4 Å². The van der Waals surface area contributed by atoms with Crippen LogP contribution in [0, 0.1) is 6.92 Å². The average molecular weight is 374 g/mol. The molecule has 0 aliphatic heterocycles. The first-order valence-electron chi connectivity index (χ1n) is 9.18. The largest absolute Gasteiger partial charge is 0.495 e. The lowest BCUT2D eigenvalue weighted by Gasteiger charge is -2.17. The van der Waals surface area contributed by atoms with Gasteiger partial charge in [-0.25, -0.2) is 0 Å². The number of hydrogen-bond donors (Lipinski definition) is 2. The van der Waals surface area contributed by atoms with E-state index in [1.54, 1.807) is 7.11 Å². The minimum Gasteiger partial charge on any atom is -0.495 e. The van der Waals surface area contributed by atoms with Gasteiger partial charge in [0.1, 0.15) is 23.0 Å². The highest BCUT2D eigenvalue weighted by Gasteiger charge is 2.17. The van der Waals surface area contributed by atoms with E-state index in [1.165, 1.54) is 5.56 Å². The molecule has 2 N–H and O–H groups in total. The molecule has 0 unspecified atom stereocenters. The minimum absolute atomic E-state index is 0.158. The van der Waals surface area contributed by atoms with Crippen molar-refractivity contribution in [2.75, 3.05) is 17.7 Å². The number of methoxy groups -OCH3 is 1. The van der Waals surface area contributed by atoms with E-state index in [0.29, 0.717) is 17.0 Å². The first kappa shape index (κ1) is 17.9. The van der Waals surface area contributed by atoms with Crippen molar-refractivity contribution in [1.82, 2.24) is 0 Å². The Hall–Kier alpha value is -3.47. The molecule has 0 spiro atoms. The molecule has 142 valence electrons. The van der Waals surface area contributed by atoms with Crippen molar-refractivity contribution >= 4 is 39.2 Å². The number of para-hydroxylation sites is 1. The molecular weight excluding hydrogens is 352 g/mol. The van der Waals surface area contributed by atoms with Crippen LogP contribution in [0.15, 0.2) is 65.1 Å². The summed E-state index contributed by atoms with van der Waals surface area (Å²) in [6.07, 6.45) is 0. The highest BCUT2D eigenvalue weighted by atomic mass is 16.5. The Balaban J connectivity index is 1.59. The van der Waals surface area contributed by atoms with Gasteiger partial charge in [-0.05, 0) is 38.1 Å². The summed E-state index contributed by atoms with van der Waals surface area (Å²) < 4.78 is 11.4. The van der Waals surface area contributed by atoms with Crippen molar-refractivity contribution in [3.63, 3.8) is 0 Å². The molecule has 0 radical (unpaired) electrons. The fourth-order valence-corrected chi connectivity index (χ4v) is 3.22. The second-order valence-electron chi connectivity index (χ2n) is 6.87. The van der Waals surface area contributed by atoms with Gasteiger partial charge in [0.2, 0.25) is 5.91 Å². The summed E-state index contributed by atoms with van der Waals surface area (Å²) in [4.78, 5) is 12.7. The number of ether oxygens (including phenoxy) is 1. The lowest BCUT2D eigenvalue weighted by Crippen LogP contribution is -2.32. The number of carbonyl (C=O) groups excluding carboxylic acids is 1. The zero-order valence-electron chi connectivity index (χ0n) is 16.1. The van der Waals surface area contributed by atoms with E-state index >= 15 is 0 Å². The van der Waals surface area contributed by atoms with Gasteiger partial charge in [0, 0.05) is 22.5 Å². The topological polar surface area (TPSA) is 63.5 Å². The van der Waals surface area contributed by atoms with E-state index in [2.05, 4.69) is 10.6 Å². The van der Waals surface area contributed by atoms with Crippen molar-refractivity contribution in [3.8, 4) is 5.75 Å². The maximum Gasteiger partial charge on any atom is 0.246 e. The minimum atomic E-state index is -0.418. The number of carbonyl (C=O) groups is 1. The van der Waals surface area contributed by atoms with Crippen LogP contribution in [-0.2, 0) is 4.79 Å². The monoisotopic (exact) mass is 374 g/mol.